The van der Waals surface area contributed by atoms with E-state index in [2.05, 4.69) is 10.2 Å². The molecule has 1 saturated carbocycles. The van der Waals surface area contributed by atoms with Crippen LogP contribution < -0.4 is 14.8 Å². The number of piperidine rings is 1. The quantitative estimate of drug-likeness (QED) is 0.185. The molecule has 252 valence electrons. The molecule has 1 atom stereocenters. The third kappa shape index (κ3) is 6.74. The van der Waals surface area contributed by atoms with E-state index in [0.29, 0.717) is 29.0 Å². The number of carbonyl (C=O) groups excluding carboxylic acids is 1. The Morgan fingerprint density at radius 2 is 1.67 bits per heavy atom. The zero-order valence-electron chi connectivity index (χ0n) is 28.0. The molecule has 1 aromatic heterocycles. The summed E-state index contributed by atoms with van der Waals surface area (Å²) >= 11 is 0. The minimum absolute atomic E-state index is 0.00167. The van der Waals surface area contributed by atoms with Crippen LogP contribution in [0.25, 0.3) is 21.9 Å². The maximum absolute atomic E-state index is 14.5. The van der Waals surface area contributed by atoms with E-state index in [4.69, 9.17) is 14.5 Å². The van der Waals surface area contributed by atoms with Gasteiger partial charge in [0.1, 0.15) is 17.6 Å². The average molecular weight is 654 g/mol. The number of hydrogen-bond acceptors (Lipinski definition) is 6. The standard InChI is InChI=1S/C39H44FN3O5/c1-25-10-7-15-30(40)34(25)37(44)42-31(38(45)46)22-26-11-8-13-28-27(26)12-9-14-29(28)35-33(47-2)23-41-32(36(35)48-3)24-43-20-18-39(19-21-43)16-5-4-6-17-39/h7-15,23,31H,4-6,16-22,24H2,1-3H3,(H,42,44)(H,45,46)/t31-/m0/s1. The molecule has 0 unspecified atom stereocenters. The predicted octanol–water partition coefficient (Wildman–Crippen LogP) is 7.34. The molecule has 48 heavy (non-hydrogen) atoms. The van der Waals surface area contributed by atoms with Gasteiger partial charge in [0.2, 0.25) is 0 Å². The first-order valence-electron chi connectivity index (χ1n) is 16.9. The van der Waals surface area contributed by atoms with Crippen LogP contribution in [0.1, 0.15) is 72.1 Å². The number of pyridine rings is 1. The minimum atomic E-state index is -1.28. The molecule has 4 aromatic rings. The van der Waals surface area contributed by atoms with E-state index in [1.807, 2.05) is 36.4 Å². The largest absolute Gasteiger partial charge is 0.494 e. The zero-order valence-corrected chi connectivity index (χ0v) is 28.0. The van der Waals surface area contributed by atoms with E-state index in [1.165, 1.54) is 57.1 Å². The average Bonchev–Trinajstić information content (AvgIpc) is 3.09. The monoisotopic (exact) mass is 653 g/mol. The third-order valence-electron chi connectivity index (χ3n) is 10.5. The first kappa shape index (κ1) is 33.4. The number of hydrogen-bond donors (Lipinski definition) is 2. The van der Waals surface area contributed by atoms with Gasteiger partial charge in [0.05, 0.1) is 37.2 Å². The van der Waals surface area contributed by atoms with Gasteiger partial charge in [0, 0.05) is 13.0 Å². The minimum Gasteiger partial charge on any atom is -0.494 e. The van der Waals surface area contributed by atoms with E-state index in [-0.39, 0.29) is 12.0 Å². The van der Waals surface area contributed by atoms with E-state index < -0.39 is 23.7 Å². The van der Waals surface area contributed by atoms with Gasteiger partial charge < -0.3 is 19.9 Å². The lowest BCUT2D eigenvalue weighted by molar-refractivity contribution is -0.139. The number of methoxy groups -OCH3 is 2. The Balaban J connectivity index is 1.31. The molecule has 1 saturated heterocycles. The molecule has 0 radical (unpaired) electrons. The van der Waals surface area contributed by atoms with E-state index in [9.17, 15) is 19.1 Å². The second-order valence-electron chi connectivity index (χ2n) is 13.3. The normalized spacial score (nSPS) is 16.8. The van der Waals surface area contributed by atoms with Crippen LogP contribution in [0.15, 0.2) is 60.8 Å². The number of carbonyl (C=O) groups is 2. The molecule has 0 bridgehead atoms. The molecule has 2 fully saturated rings. The van der Waals surface area contributed by atoms with Gasteiger partial charge in [-0.25, -0.2) is 9.18 Å². The smallest absolute Gasteiger partial charge is 0.326 e. The molecule has 3 aromatic carbocycles. The van der Waals surface area contributed by atoms with Gasteiger partial charge in [-0.3, -0.25) is 14.7 Å². The maximum atomic E-state index is 14.5. The van der Waals surface area contributed by atoms with Crippen LogP contribution in [0.3, 0.4) is 0 Å². The Labute approximate surface area is 281 Å². The lowest BCUT2D eigenvalue weighted by Gasteiger charge is -2.44. The van der Waals surface area contributed by atoms with Gasteiger partial charge >= 0.3 is 5.97 Å². The summed E-state index contributed by atoms with van der Waals surface area (Å²) in [6.45, 7) is 4.38. The van der Waals surface area contributed by atoms with Crippen molar-refractivity contribution >= 4 is 22.6 Å². The number of carboxylic acids is 1. The van der Waals surface area contributed by atoms with Crippen molar-refractivity contribution in [1.82, 2.24) is 15.2 Å². The summed E-state index contributed by atoms with van der Waals surface area (Å²) in [6, 6.07) is 14.6. The van der Waals surface area contributed by atoms with Crippen molar-refractivity contribution < 1.29 is 28.6 Å². The summed E-state index contributed by atoms with van der Waals surface area (Å²) in [5.74, 6) is -1.44. The highest BCUT2D eigenvalue weighted by Gasteiger charge is 2.36. The molecule has 1 aliphatic carbocycles. The van der Waals surface area contributed by atoms with Gasteiger partial charge in [-0.15, -0.1) is 0 Å². The summed E-state index contributed by atoms with van der Waals surface area (Å²) < 4.78 is 26.4. The summed E-state index contributed by atoms with van der Waals surface area (Å²) in [5.41, 5.74) is 4.00. The Kier molecular flexibility index (Phi) is 9.96. The molecule has 8 nitrogen and oxygen atoms in total. The highest BCUT2D eigenvalue weighted by molar-refractivity contribution is 6.02. The fourth-order valence-corrected chi connectivity index (χ4v) is 7.80. The van der Waals surface area contributed by atoms with Crippen LogP contribution >= 0.6 is 0 Å². The molecule has 2 N–H and O–H groups in total. The molecule has 1 aliphatic heterocycles. The molecule has 1 amide bonds. The van der Waals surface area contributed by atoms with Crippen LogP contribution in [-0.4, -0.2) is 60.2 Å². The molecule has 1 spiro atoms. The number of ether oxygens (including phenoxy) is 2. The van der Waals surface area contributed by atoms with Gasteiger partial charge in [-0.1, -0.05) is 67.8 Å². The second kappa shape index (κ2) is 14.3. The summed E-state index contributed by atoms with van der Waals surface area (Å²) in [5, 5.41) is 14.3. The Bertz CT molecular complexity index is 1790. The first-order chi connectivity index (χ1) is 23.2. The van der Waals surface area contributed by atoms with Crippen molar-refractivity contribution in [3.63, 3.8) is 0 Å². The number of carboxylic acid groups (broad SMARTS) is 1. The Hall–Kier alpha value is -4.50. The van der Waals surface area contributed by atoms with E-state index in [0.717, 1.165) is 46.2 Å². The first-order valence-corrected chi connectivity index (χ1v) is 16.9. The van der Waals surface area contributed by atoms with Crippen LogP contribution in [0.4, 0.5) is 4.39 Å². The number of fused-ring (bicyclic) bond motifs is 1. The number of nitrogens with one attached hydrogen (secondary N) is 1. The lowest BCUT2D eigenvalue weighted by Crippen LogP contribution is -2.42. The SMILES string of the molecule is COc1cnc(CN2CCC3(CCCCC3)CC2)c(OC)c1-c1cccc2c(C[C@H](NC(=O)c3c(C)cccc3F)C(=O)O)cccc12. The number of benzene rings is 3. The van der Waals surface area contributed by atoms with Crippen LogP contribution in [0.2, 0.25) is 0 Å². The summed E-state index contributed by atoms with van der Waals surface area (Å²) in [6.07, 6.45) is 11.0. The van der Waals surface area contributed by atoms with E-state index in [1.54, 1.807) is 33.4 Å². The molecule has 6 rings (SSSR count). The highest BCUT2D eigenvalue weighted by atomic mass is 19.1. The van der Waals surface area contributed by atoms with Gasteiger partial charge in [0.15, 0.2) is 5.75 Å². The van der Waals surface area contributed by atoms with Crippen LogP contribution in [0.5, 0.6) is 11.5 Å². The topological polar surface area (TPSA) is 101 Å². The van der Waals surface area contributed by atoms with Crippen molar-refractivity contribution in [2.45, 2.75) is 70.9 Å². The van der Waals surface area contributed by atoms with Crippen molar-refractivity contribution in [2.75, 3.05) is 27.3 Å². The Morgan fingerprint density at radius 3 is 2.35 bits per heavy atom. The van der Waals surface area contributed by atoms with E-state index >= 15 is 0 Å². The van der Waals surface area contributed by atoms with Crippen molar-refractivity contribution in [1.29, 1.82) is 0 Å². The molecule has 9 heteroatoms. The second-order valence-corrected chi connectivity index (χ2v) is 13.3. The number of rotatable bonds is 10. The Morgan fingerprint density at radius 1 is 0.958 bits per heavy atom. The van der Waals surface area contributed by atoms with Crippen molar-refractivity contribution in [2.24, 2.45) is 5.41 Å². The highest BCUT2D eigenvalue weighted by Crippen LogP contribution is 2.46. The number of amides is 1. The fraction of sp³-hybridized carbons (Fsp3) is 0.410. The van der Waals surface area contributed by atoms with Crippen LogP contribution in [0, 0.1) is 18.2 Å². The fourth-order valence-electron chi connectivity index (χ4n) is 7.80. The number of aliphatic carboxylic acids is 1. The maximum Gasteiger partial charge on any atom is 0.326 e. The van der Waals surface area contributed by atoms with Crippen molar-refractivity contribution in [3.8, 4) is 22.6 Å². The lowest BCUT2D eigenvalue weighted by atomic mass is 9.68. The molecular formula is C39H44FN3O5. The van der Waals surface area contributed by atoms with Crippen molar-refractivity contribution in [3.05, 3.63) is 89.0 Å². The zero-order chi connectivity index (χ0) is 33.8. The number of likely N-dealkylation sites (tertiary alicyclic amines) is 1. The van der Waals surface area contributed by atoms with Gasteiger partial charge in [-0.2, -0.15) is 0 Å². The number of nitrogens with zero attached hydrogens (tertiary/aromatic N) is 2. The molecule has 2 aliphatic rings. The number of aryl methyl sites for hydroxylation is 1. The van der Waals surface area contributed by atoms with Crippen LogP contribution in [-0.2, 0) is 17.8 Å². The molecule has 2 heterocycles. The predicted molar refractivity (Wildman–Crippen MR) is 184 cm³/mol. The third-order valence-corrected chi connectivity index (χ3v) is 10.5. The number of aromatic nitrogens is 1. The number of halogens is 1. The molecular weight excluding hydrogens is 609 g/mol. The van der Waals surface area contributed by atoms with Gasteiger partial charge in [-0.05, 0) is 84.6 Å². The summed E-state index contributed by atoms with van der Waals surface area (Å²) in [7, 11) is 3.27. The summed E-state index contributed by atoms with van der Waals surface area (Å²) in [4.78, 5) is 32.7. The van der Waals surface area contributed by atoms with Gasteiger partial charge in [0.25, 0.3) is 5.91 Å².